The van der Waals surface area contributed by atoms with E-state index in [9.17, 15) is 0 Å². The molecule has 0 amide bonds. The predicted octanol–water partition coefficient (Wildman–Crippen LogP) is 2.93. The van der Waals surface area contributed by atoms with Crippen LogP contribution in [0.5, 0.6) is 0 Å². The third-order valence-electron chi connectivity index (χ3n) is 2.75. The Morgan fingerprint density at radius 3 is 2.47 bits per heavy atom. The third-order valence-corrected chi connectivity index (χ3v) is 3.58. The van der Waals surface area contributed by atoms with E-state index in [1.165, 1.54) is 0 Å². The molecule has 1 rings (SSSR count). The Morgan fingerprint density at radius 1 is 1.24 bits per heavy atom. The summed E-state index contributed by atoms with van der Waals surface area (Å²) in [7, 11) is 4.22. The quantitative estimate of drug-likeness (QED) is 0.805. The van der Waals surface area contributed by atoms with E-state index in [-0.39, 0.29) is 0 Å². The molecule has 0 aromatic carbocycles. The zero-order valence-corrected chi connectivity index (χ0v) is 12.8. The lowest BCUT2D eigenvalue weighted by Crippen LogP contribution is -2.27. The summed E-state index contributed by atoms with van der Waals surface area (Å²) in [5.41, 5.74) is 1.05. The Morgan fingerprint density at radius 2 is 1.94 bits per heavy atom. The molecule has 0 aliphatic carbocycles. The van der Waals surface area contributed by atoms with Crippen molar-refractivity contribution in [3.63, 3.8) is 0 Å². The van der Waals surface area contributed by atoms with Crippen LogP contribution < -0.4 is 4.90 Å². The Hall–Kier alpha value is -0.610. The van der Waals surface area contributed by atoms with Gasteiger partial charge in [0.15, 0.2) is 0 Å². The SMILES string of the molecule is CCN(CCCN(C)C)c1ccc(Br)c(C)n1. The van der Waals surface area contributed by atoms with Gasteiger partial charge in [-0.15, -0.1) is 0 Å². The van der Waals surface area contributed by atoms with Gasteiger partial charge in [0.2, 0.25) is 0 Å². The van der Waals surface area contributed by atoms with Gasteiger partial charge in [-0.3, -0.25) is 0 Å². The molecular formula is C13H22BrN3. The highest BCUT2D eigenvalue weighted by molar-refractivity contribution is 9.10. The Bertz CT molecular complexity index is 353. The highest BCUT2D eigenvalue weighted by Crippen LogP contribution is 2.19. The normalized spacial score (nSPS) is 10.9. The van der Waals surface area contributed by atoms with E-state index in [0.29, 0.717) is 0 Å². The van der Waals surface area contributed by atoms with Crippen molar-refractivity contribution in [2.45, 2.75) is 20.3 Å². The largest absolute Gasteiger partial charge is 0.357 e. The van der Waals surface area contributed by atoms with Gasteiger partial charge in [-0.2, -0.15) is 0 Å². The maximum Gasteiger partial charge on any atom is 0.128 e. The van der Waals surface area contributed by atoms with Gasteiger partial charge in [0.25, 0.3) is 0 Å². The fraction of sp³-hybridized carbons (Fsp3) is 0.615. The van der Waals surface area contributed by atoms with Gasteiger partial charge in [0.05, 0.1) is 5.69 Å². The van der Waals surface area contributed by atoms with E-state index in [0.717, 1.165) is 42.0 Å². The van der Waals surface area contributed by atoms with Crippen molar-refractivity contribution in [2.24, 2.45) is 0 Å². The van der Waals surface area contributed by atoms with Crippen molar-refractivity contribution in [3.05, 3.63) is 22.3 Å². The van der Waals surface area contributed by atoms with E-state index < -0.39 is 0 Å². The zero-order valence-electron chi connectivity index (χ0n) is 11.2. The van der Waals surface area contributed by atoms with Gasteiger partial charge in [-0.05, 0) is 69.0 Å². The lowest BCUT2D eigenvalue weighted by molar-refractivity contribution is 0.400. The summed E-state index contributed by atoms with van der Waals surface area (Å²) in [6.07, 6.45) is 1.16. The van der Waals surface area contributed by atoms with Crippen LogP contribution in [0.1, 0.15) is 19.0 Å². The molecule has 96 valence electrons. The molecule has 0 N–H and O–H groups in total. The van der Waals surface area contributed by atoms with Crippen molar-refractivity contribution in [3.8, 4) is 0 Å². The lowest BCUT2D eigenvalue weighted by Gasteiger charge is -2.23. The molecule has 3 nitrogen and oxygen atoms in total. The van der Waals surface area contributed by atoms with Crippen LogP contribution in [-0.2, 0) is 0 Å². The number of halogens is 1. The van der Waals surface area contributed by atoms with Crippen LogP contribution in [0.15, 0.2) is 16.6 Å². The van der Waals surface area contributed by atoms with E-state index in [2.05, 4.69) is 63.9 Å². The van der Waals surface area contributed by atoms with Gasteiger partial charge in [0, 0.05) is 17.6 Å². The fourth-order valence-corrected chi connectivity index (χ4v) is 1.94. The Balaban J connectivity index is 2.62. The van der Waals surface area contributed by atoms with Crippen molar-refractivity contribution in [1.82, 2.24) is 9.88 Å². The molecule has 0 spiro atoms. The number of hydrogen-bond acceptors (Lipinski definition) is 3. The third kappa shape index (κ3) is 4.64. The number of pyridine rings is 1. The predicted molar refractivity (Wildman–Crippen MR) is 77.7 cm³/mol. The number of anilines is 1. The van der Waals surface area contributed by atoms with Crippen molar-refractivity contribution in [2.75, 3.05) is 38.6 Å². The molecule has 0 aliphatic heterocycles. The Labute approximate surface area is 113 Å². The standard InChI is InChI=1S/C13H22BrN3/c1-5-17(10-6-9-16(3)4)13-8-7-12(14)11(2)15-13/h7-8H,5-6,9-10H2,1-4H3. The van der Waals surface area contributed by atoms with Gasteiger partial charge in [0.1, 0.15) is 5.82 Å². The molecule has 0 unspecified atom stereocenters. The summed E-state index contributed by atoms with van der Waals surface area (Å²) in [5.74, 6) is 1.08. The van der Waals surface area contributed by atoms with Crippen LogP contribution in [0.25, 0.3) is 0 Å². The van der Waals surface area contributed by atoms with E-state index in [4.69, 9.17) is 0 Å². The fourth-order valence-electron chi connectivity index (χ4n) is 1.72. The van der Waals surface area contributed by atoms with Gasteiger partial charge in [-0.25, -0.2) is 4.98 Å². The Kier molecular flexibility index (Phi) is 5.92. The van der Waals surface area contributed by atoms with Crippen LogP contribution in [0.4, 0.5) is 5.82 Å². The number of nitrogens with zero attached hydrogens (tertiary/aromatic N) is 3. The molecule has 0 bridgehead atoms. The molecule has 4 heteroatoms. The first-order valence-electron chi connectivity index (χ1n) is 6.07. The first-order valence-corrected chi connectivity index (χ1v) is 6.86. The topological polar surface area (TPSA) is 19.4 Å². The van der Waals surface area contributed by atoms with Crippen molar-refractivity contribution < 1.29 is 0 Å². The summed E-state index contributed by atoms with van der Waals surface area (Å²) in [6.45, 7) is 7.38. The first kappa shape index (κ1) is 14.5. The van der Waals surface area contributed by atoms with E-state index in [1.807, 2.05) is 6.92 Å². The minimum absolute atomic E-state index is 1.00. The summed E-state index contributed by atoms with van der Waals surface area (Å²) < 4.78 is 1.07. The minimum Gasteiger partial charge on any atom is -0.357 e. The second-order valence-corrected chi connectivity index (χ2v) is 5.33. The van der Waals surface area contributed by atoms with Gasteiger partial charge >= 0.3 is 0 Å². The summed E-state index contributed by atoms with van der Waals surface area (Å²) in [6, 6.07) is 4.16. The monoisotopic (exact) mass is 299 g/mol. The van der Waals surface area contributed by atoms with Crippen molar-refractivity contribution in [1.29, 1.82) is 0 Å². The van der Waals surface area contributed by atoms with Crippen LogP contribution in [0.2, 0.25) is 0 Å². The highest BCUT2D eigenvalue weighted by atomic mass is 79.9. The molecular weight excluding hydrogens is 278 g/mol. The second kappa shape index (κ2) is 6.97. The van der Waals surface area contributed by atoms with Crippen LogP contribution in [0, 0.1) is 6.92 Å². The first-order chi connectivity index (χ1) is 8.04. The maximum atomic E-state index is 4.61. The van der Waals surface area contributed by atoms with Crippen LogP contribution >= 0.6 is 15.9 Å². The smallest absolute Gasteiger partial charge is 0.128 e. The molecule has 0 saturated carbocycles. The number of hydrogen-bond donors (Lipinski definition) is 0. The molecule has 0 aliphatic rings. The molecule has 17 heavy (non-hydrogen) atoms. The molecule has 0 radical (unpaired) electrons. The molecule has 1 aromatic heterocycles. The summed E-state index contributed by atoms with van der Waals surface area (Å²) in [5, 5.41) is 0. The van der Waals surface area contributed by atoms with Crippen LogP contribution in [-0.4, -0.2) is 43.6 Å². The number of rotatable bonds is 6. The second-order valence-electron chi connectivity index (χ2n) is 4.47. The molecule has 0 saturated heterocycles. The van der Waals surface area contributed by atoms with E-state index in [1.54, 1.807) is 0 Å². The van der Waals surface area contributed by atoms with Crippen LogP contribution in [0.3, 0.4) is 0 Å². The minimum atomic E-state index is 1.00. The molecule has 1 heterocycles. The summed E-state index contributed by atoms with van der Waals surface area (Å²) >= 11 is 3.48. The average Bonchev–Trinajstić information content (AvgIpc) is 2.28. The summed E-state index contributed by atoms with van der Waals surface area (Å²) in [4.78, 5) is 9.15. The number of aryl methyl sites for hydroxylation is 1. The van der Waals surface area contributed by atoms with Crippen molar-refractivity contribution >= 4 is 21.7 Å². The lowest BCUT2D eigenvalue weighted by atomic mass is 10.3. The zero-order chi connectivity index (χ0) is 12.8. The molecule has 0 atom stereocenters. The average molecular weight is 300 g/mol. The molecule has 1 aromatic rings. The van der Waals surface area contributed by atoms with Gasteiger partial charge in [-0.1, -0.05) is 0 Å². The number of aromatic nitrogens is 1. The van der Waals surface area contributed by atoms with Gasteiger partial charge < -0.3 is 9.80 Å². The van der Waals surface area contributed by atoms with E-state index >= 15 is 0 Å². The maximum absolute atomic E-state index is 4.61. The molecule has 0 fully saturated rings. The highest BCUT2D eigenvalue weighted by Gasteiger charge is 2.07.